The standard InChI is InChI=1S/C16H25N5OS/c1-4-21-13(2)14(9-18-21)11-19(3)12-15-10-17-16(23-15)20-5-7-22-8-6-20/h9-10H,4-8,11-12H2,1-3H3. The van der Waals surface area contributed by atoms with Crippen LogP contribution >= 0.6 is 11.3 Å². The minimum atomic E-state index is 0.801. The van der Waals surface area contributed by atoms with Gasteiger partial charge < -0.3 is 9.64 Å². The highest BCUT2D eigenvalue weighted by Gasteiger charge is 2.15. The maximum Gasteiger partial charge on any atom is 0.185 e. The van der Waals surface area contributed by atoms with Gasteiger partial charge in [0, 0.05) is 55.1 Å². The summed E-state index contributed by atoms with van der Waals surface area (Å²) in [5.41, 5.74) is 2.56. The summed E-state index contributed by atoms with van der Waals surface area (Å²) in [6.45, 7) is 10.5. The van der Waals surface area contributed by atoms with Crippen LogP contribution in [0.1, 0.15) is 23.1 Å². The molecule has 0 saturated carbocycles. The molecule has 3 rings (SSSR count). The van der Waals surface area contributed by atoms with Crippen molar-refractivity contribution in [3.8, 4) is 0 Å². The zero-order valence-electron chi connectivity index (χ0n) is 14.2. The fourth-order valence-electron chi connectivity index (χ4n) is 2.84. The molecular formula is C16H25N5OS. The van der Waals surface area contributed by atoms with Gasteiger partial charge in [-0.05, 0) is 20.9 Å². The van der Waals surface area contributed by atoms with Crippen LogP contribution < -0.4 is 4.90 Å². The van der Waals surface area contributed by atoms with Crippen molar-refractivity contribution in [3.05, 3.63) is 28.5 Å². The quantitative estimate of drug-likeness (QED) is 0.809. The van der Waals surface area contributed by atoms with Gasteiger partial charge >= 0.3 is 0 Å². The summed E-state index contributed by atoms with van der Waals surface area (Å²) in [5, 5.41) is 5.54. The Morgan fingerprint density at radius 3 is 2.74 bits per heavy atom. The van der Waals surface area contributed by atoms with Crippen LogP contribution in [0, 0.1) is 6.92 Å². The second-order valence-electron chi connectivity index (χ2n) is 5.95. The Bertz CT molecular complexity index is 632. The van der Waals surface area contributed by atoms with Gasteiger partial charge in [-0.25, -0.2) is 4.98 Å². The molecule has 126 valence electrons. The number of morpholine rings is 1. The maximum atomic E-state index is 5.40. The van der Waals surface area contributed by atoms with Gasteiger partial charge in [-0.3, -0.25) is 9.58 Å². The minimum absolute atomic E-state index is 0.801. The number of aryl methyl sites for hydroxylation is 1. The number of thiazole rings is 1. The molecule has 0 atom stereocenters. The first-order valence-electron chi connectivity index (χ1n) is 8.14. The fourth-order valence-corrected chi connectivity index (χ4v) is 3.89. The van der Waals surface area contributed by atoms with E-state index in [-0.39, 0.29) is 0 Å². The zero-order valence-corrected chi connectivity index (χ0v) is 15.0. The molecular weight excluding hydrogens is 310 g/mol. The first-order chi connectivity index (χ1) is 11.2. The summed E-state index contributed by atoms with van der Waals surface area (Å²) in [7, 11) is 2.15. The van der Waals surface area contributed by atoms with E-state index in [0.29, 0.717) is 0 Å². The normalized spacial score (nSPS) is 15.6. The molecule has 3 heterocycles. The van der Waals surface area contributed by atoms with Gasteiger partial charge in [0.05, 0.1) is 19.4 Å². The highest BCUT2D eigenvalue weighted by molar-refractivity contribution is 7.15. The Hall–Kier alpha value is -1.44. The van der Waals surface area contributed by atoms with Crippen molar-refractivity contribution < 1.29 is 4.74 Å². The van der Waals surface area contributed by atoms with Crippen LogP contribution in [0.4, 0.5) is 5.13 Å². The third-order valence-electron chi connectivity index (χ3n) is 4.19. The second kappa shape index (κ2) is 7.42. The lowest BCUT2D eigenvalue weighted by atomic mass is 10.2. The van der Waals surface area contributed by atoms with Gasteiger partial charge in [0.2, 0.25) is 0 Å². The molecule has 0 N–H and O–H groups in total. The average Bonchev–Trinajstić information content (AvgIpc) is 3.16. The Kier molecular flexibility index (Phi) is 5.30. The van der Waals surface area contributed by atoms with E-state index in [2.05, 4.69) is 40.8 Å². The van der Waals surface area contributed by atoms with Crippen LogP contribution in [0.2, 0.25) is 0 Å². The van der Waals surface area contributed by atoms with Gasteiger partial charge in [0.25, 0.3) is 0 Å². The van der Waals surface area contributed by atoms with Gasteiger partial charge in [-0.1, -0.05) is 0 Å². The van der Waals surface area contributed by atoms with Crippen molar-refractivity contribution in [1.29, 1.82) is 0 Å². The largest absolute Gasteiger partial charge is 0.378 e. The molecule has 2 aromatic rings. The maximum absolute atomic E-state index is 5.40. The monoisotopic (exact) mass is 335 g/mol. The number of aromatic nitrogens is 3. The first-order valence-corrected chi connectivity index (χ1v) is 8.96. The summed E-state index contributed by atoms with van der Waals surface area (Å²) >= 11 is 1.79. The molecule has 1 aliphatic rings. The molecule has 0 unspecified atom stereocenters. The third kappa shape index (κ3) is 3.91. The van der Waals surface area contributed by atoms with E-state index in [1.807, 2.05) is 17.1 Å². The van der Waals surface area contributed by atoms with Gasteiger partial charge in [0.1, 0.15) is 0 Å². The van der Waals surface area contributed by atoms with Crippen molar-refractivity contribution in [3.63, 3.8) is 0 Å². The fraction of sp³-hybridized carbons (Fsp3) is 0.625. The molecule has 2 aromatic heterocycles. The van der Waals surface area contributed by atoms with Crippen LogP contribution in [0.3, 0.4) is 0 Å². The summed E-state index contributed by atoms with van der Waals surface area (Å²) < 4.78 is 7.45. The van der Waals surface area contributed by atoms with E-state index in [1.165, 1.54) is 16.1 Å². The number of nitrogens with zero attached hydrogens (tertiary/aromatic N) is 5. The summed E-state index contributed by atoms with van der Waals surface area (Å²) in [5.74, 6) is 0. The van der Waals surface area contributed by atoms with Crippen molar-refractivity contribution >= 4 is 16.5 Å². The average molecular weight is 335 g/mol. The number of ether oxygens (including phenoxy) is 1. The predicted octanol–water partition coefficient (Wildman–Crippen LogP) is 2.14. The van der Waals surface area contributed by atoms with Gasteiger partial charge in [-0.15, -0.1) is 11.3 Å². The zero-order chi connectivity index (χ0) is 16.2. The lowest BCUT2D eigenvalue weighted by Gasteiger charge is -2.26. The molecule has 0 aromatic carbocycles. The molecule has 0 aliphatic carbocycles. The Morgan fingerprint density at radius 1 is 1.26 bits per heavy atom. The molecule has 0 amide bonds. The van der Waals surface area contributed by atoms with Crippen molar-refractivity contribution in [1.82, 2.24) is 19.7 Å². The van der Waals surface area contributed by atoms with Gasteiger partial charge in [-0.2, -0.15) is 5.10 Å². The molecule has 6 nitrogen and oxygen atoms in total. The molecule has 1 saturated heterocycles. The van der Waals surface area contributed by atoms with E-state index < -0.39 is 0 Å². The summed E-state index contributed by atoms with van der Waals surface area (Å²) in [6.07, 6.45) is 4.00. The highest BCUT2D eigenvalue weighted by atomic mass is 32.1. The number of hydrogen-bond acceptors (Lipinski definition) is 6. The molecule has 0 bridgehead atoms. The number of rotatable bonds is 6. The van der Waals surface area contributed by atoms with E-state index >= 15 is 0 Å². The van der Waals surface area contributed by atoms with Gasteiger partial charge in [0.15, 0.2) is 5.13 Å². The molecule has 7 heteroatoms. The molecule has 23 heavy (non-hydrogen) atoms. The van der Waals surface area contributed by atoms with E-state index in [1.54, 1.807) is 11.3 Å². The smallest absolute Gasteiger partial charge is 0.185 e. The summed E-state index contributed by atoms with van der Waals surface area (Å²) in [6, 6.07) is 0. The van der Waals surface area contributed by atoms with Crippen LogP contribution in [-0.4, -0.2) is 53.0 Å². The van der Waals surface area contributed by atoms with E-state index in [0.717, 1.165) is 51.1 Å². The molecule has 0 radical (unpaired) electrons. The van der Waals surface area contributed by atoms with Crippen LogP contribution in [-0.2, 0) is 24.4 Å². The molecule has 1 fully saturated rings. The lowest BCUT2D eigenvalue weighted by molar-refractivity contribution is 0.122. The van der Waals surface area contributed by atoms with Crippen molar-refractivity contribution in [2.24, 2.45) is 0 Å². The molecule has 0 spiro atoms. The predicted molar refractivity (Wildman–Crippen MR) is 93.0 cm³/mol. The topological polar surface area (TPSA) is 46.4 Å². The molecule has 1 aliphatic heterocycles. The number of anilines is 1. The van der Waals surface area contributed by atoms with Crippen LogP contribution in [0.25, 0.3) is 0 Å². The summed E-state index contributed by atoms with van der Waals surface area (Å²) in [4.78, 5) is 10.5. The Labute approximate surface area is 141 Å². The Morgan fingerprint density at radius 2 is 2.04 bits per heavy atom. The minimum Gasteiger partial charge on any atom is -0.378 e. The van der Waals surface area contributed by atoms with Crippen molar-refractivity contribution in [2.45, 2.75) is 33.5 Å². The van der Waals surface area contributed by atoms with Crippen LogP contribution in [0.15, 0.2) is 12.4 Å². The van der Waals surface area contributed by atoms with Crippen molar-refractivity contribution in [2.75, 3.05) is 38.3 Å². The third-order valence-corrected chi connectivity index (χ3v) is 5.24. The van der Waals surface area contributed by atoms with E-state index in [9.17, 15) is 0 Å². The Balaban J connectivity index is 1.58. The lowest BCUT2D eigenvalue weighted by Crippen LogP contribution is -2.36. The SMILES string of the molecule is CCn1ncc(CN(C)Cc2cnc(N3CCOCC3)s2)c1C. The highest BCUT2D eigenvalue weighted by Crippen LogP contribution is 2.24. The second-order valence-corrected chi connectivity index (χ2v) is 7.05. The first kappa shape index (κ1) is 16.4. The van der Waals surface area contributed by atoms with E-state index in [4.69, 9.17) is 4.74 Å². The van der Waals surface area contributed by atoms with Crippen LogP contribution in [0.5, 0.6) is 0 Å². The number of hydrogen-bond donors (Lipinski definition) is 0.